The SMILES string of the molecule is Cc1cccc(N=C(N)N2CCc3ccccc32)c1.Cl. The van der Waals surface area contributed by atoms with Crippen LogP contribution in [0.1, 0.15) is 11.1 Å². The second-order valence-electron chi connectivity index (χ2n) is 4.84. The smallest absolute Gasteiger partial charge is 0.201 e. The minimum absolute atomic E-state index is 0. The number of nitrogens with zero attached hydrogens (tertiary/aromatic N) is 2. The Hall–Kier alpha value is -2.00. The van der Waals surface area contributed by atoms with Crippen molar-refractivity contribution in [2.75, 3.05) is 11.4 Å². The van der Waals surface area contributed by atoms with Crippen LogP contribution in [0.2, 0.25) is 0 Å². The molecule has 0 saturated heterocycles. The molecule has 0 fully saturated rings. The number of guanidine groups is 1. The van der Waals surface area contributed by atoms with Crippen LogP contribution in [0.3, 0.4) is 0 Å². The molecule has 0 radical (unpaired) electrons. The molecule has 0 spiro atoms. The molecule has 20 heavy (non-hydrogen) atoms. The number of anilines is 1. The van der Waals surface area contributed by atoms with E-state index in [1.165, 1.54) is 16.8 Å². The van der Waals surface area contributed by atoms with Gasteiger partial charge in [-0.25, -0.2) is 4.99 Å². The van der Waals surface area contributed by atoms with Crippen molar-refractivity contribution in [3.63, 3.8) is 0 Å². The largest absolute Gasteiger partial charge is 0.369 e. The van der Waals surface area contributed by atoms with Crippen LogP contribution in [0.5, 0.6) is 0 Å². The Morgan fingerprint density at radius 1 is 1.15 bits per heavy atom. The average molecular weight is 288 g/mol. The number of hydrogen-bond donors (Lipinski definition) is 1. The summed E-state index contributed by atoms with van der Waals surface area (Å²) < 4.78 is 0. The Balaban J connectivity index is 0.00000147. The van der Waals surface area contributed by atoms with Gasteiger partial charge in [0.1, 0.15) is 0 Å². The Morgan fingerprint density at radius 3 is 2.75 bits per heavy atom. The summed E-state index contributed by atoms with van der Waals surface area (Å²) in [6, 6.07) is 16.4. The first-order valence-electron chi connectivity index (χ1n) is 6.50. The molecule has 0 atom stereocenters. The van der Waals surface area contributed by atoms with Crippen LogP contribution in [-0.4, -0.2) is 12.5 Å². The van der Waals surface area contributed by atoms with Crippen LogP contribution >= 0.6 is 12.4 Å². The zero-order valence-electron chi connectivity index (χ0n) is 11.4. The predicted molar refractivity (Wildman–Crippen MR) is 87.2 cm³/mol. The number of benzene rings is 2. The molecule has 0 aromatic heterocycles. The van der Waals surface area contributed by atoms with E-state index in [-0.39, 0.29) is 12.4 Å². The lowest BCUT2D eigenvalue weighted by molar-refractivity contribution is 1.01. The van der Waals surface area contributed by atoms with E-state index in [0.29, 0.717) is 5.96 Å². The topological polar surface area (TPSA) is 41.6 Å². The lowest BCUT2D eigenvalue weighted by atomic mass is 10.2. The van der Waals surface area contributed by atoms with Gasteiger partial charge in [-0.05, 0) is 42.7 Å². The number of rotatable bonds is 1. The number of aryl methyl sites for hydroxylation is 1. The fourth-order valence-corrected chi connectivity index (χ4v) is 2.47. The first-order chi connectivity index (χ1) is 9.24. The normalized spacial score (nSPS) is 13.8. The Morgan fingerprint density at radius 2 is 1.95 bits per heavy atom. The third-order valence-electron chi connectivity index (χ3n) is 3.41. The van der Waals surface area contributed by atoms with Crippen molar-refractivity contribution in [1.82, 2.24) is 0 Å². The van der Waals surface area contributed by atoms with Gasteiger partial charge in [-0.1, -0.05) is 30.3 Å². The van der Waals surface area contributed by atoms with E-state index in [4.69, 9.17) is 5.73 Å². The Kier molecular flexibility index (Phi) is 4.30. The van der Waals surface area contributed by atoms with Crippen molar-refractivity contribution in [2.45, 2.75) is 13.3 Å². The zero-order valence-corrected chi connectivity index (χ0v) is 12.2. The van der Waals surface area contributed by atoms with Crippen LogP contribution in [0.4, 0.5) is 11.4 Å². The molecule has 0 saturated carbocycles. The average Bonchev–Trinajstić information content (AvgIpc) is 2.82. The maximum atomic E-state index is 6.15. The van der Waals surface area contributed by atoms with Gasteiger partial charge in [0.15, 0.2) is 0 Å². The van der Waals surface area contributed by atoms with Crippen molar-refractivity contribution in [2.24, 2.45) is 10.7 Å². The molecule has 2 N–H and O–H groups in total. The molecule has 0 unspecified atom stereocenters. The molecule has 1 aliphatic rings. The van der Waals surface area contributed by atoms with Gasteiger partial charge in [0.25, 0.3) is 0 Å². The summed E-state index contributed by atoms with van der Waals surface area (Å²) in [7, 11) is 0. The van der Waals surface area contributed by atoms with E-state index in [2.05, 4.69) is 41.1 Å². The van der Waals surface area contributed by atoms with Crippen molar-refractivity contribution in [3.05, 3.63) is 59.7 Å². The third kappa shape index (κ3) is 2.78. The fraction of sp³-hybridized carbons (Fsp3) is 0.188. The predicted octanol–water partition coefficient (Wildman–Crippen LogP) is 3.43. The molecule has 3 nitrogen and oxygen atoms in total. The first-order valence-corrected chi connectivity index (χ1v) is 6.50. The lowest BCUT2D eigenvalue weighted by Crippen LogP contribution is -2.35. The maximum Gasteiger partial charge on any atom is 0.201 e. The van der Waals surface area contributed by atoms with E-state index >= 15 is 0 Å². The second kappa shape index (κ2) is 5.97. The molecule has 2 aromatic carbocycles. The van der Waals surface area contributed by atoms with Crippen LogP contribution in [0, 0.1) is 6.92 Å². The molecular formula is C16H18ClN3. The van der Waals surface area contributed by atoms with Crippen LogP contribution in [0.15, 0.2) is 53.5 Å². The fourth-order valence-electron chi connectivity index (χ4n) is 2.47. The van der Waals surface area contributed by atoms with Gasteiger partial charge in [-0.2, -0.15) is 0 Å². The van der Waals surface area contributed by atoms with E-state index in [9.17, 15) is 0 Å². The molecule has 3 rings (SSSR count). The van der Waals surface area contributed by atoms with E-state index in [1.54, 1.807) is 0 Å². The lowest BCUT2D eigenvalue weighted by Gasteiger charge is -2.18. The van der Waals surface area contributed by atoms with E-state index in [0.717, 1.165) is 18.7 Å². The summed E-state index contributed by atoms with van der Waals surface area (Å²) in [4.78, 5) is 6.60. The monoisotopic (exact) mass is 287 g/mol. The molecule has 0 amide bonds. The number of hydrogen-bond acceptors (Lipinski definition) is 1. The molecule has 4 heteroatoms. The first kappa shape index (κ1) is 14.4. The Labute approximate surface area is 125 Å². The Bertz CT molecular complexity index is 637. The van der Waals surface area contributed by atoms with Gasteiger partial charge < -0.3 is 10.6 Å². The molecule has 0 aliphatic carbocycles. The van der Waals surface area contributed by atoms with Gasteiger partial charge in [-0.15, -0.1) is 12.4 Å². The van der Waals surface area contributed by atoms with Gasteiger partial charge in [0.05, 0.1) is 5.69 Å². The van der Waals surface area contributed by atoms with E-state index < -0.39 is 0 Å². The van der Waals surface area contributed by atoms with E-state index in [1.807, 2.05) is 24.3 Å². The second-order valence-corrected chi connectivity index (χ2v) is 4.84. The summed E-state index contributed by atoms with van der Waals surface area (Å²) in [5.74, 6) is 0.565. The number of aliphatic imine (C=N–C) groups is 1. The highest BCUT2D eigenvalue weighted by Crippen LogP contribution is 2.27. The maximum absolute atomic E-state index is 6.15. The molecule has 0 bridgehead atoms. The highest BCUT2D eigenvalue weighted by molar-refractivity contribution is 5.98. The minimum atomic E-state index is 0. The van der Waals surface area contributed by atoms with Crippen molar-refractivity contribution >= 4 is 29.7 Å². The van der Waals surface area contributed by atoms with Crippen molar-refractivity contribution in [1.29, 1.82) is 0 Å². The van der Waals surface area contributed by atoms with Gasteiger partial charge in [0.2, 0.25) is 5.96 Å². The molecule has 2 aromatic rings. The molecule has 1 aliphatic heterocycles. The quantitative estimate of drug-likeness (QED) is 0.645. The van der Waals surface area contributed by atoms with Crippen LogP contribution < -0.4 is 10.6 Å². The van der Waals surface area contributed by atoms with Gasteiger partial charge >= 0.3 is 0 Å². The third-order valence-corrected chi connectivity index (χ3v) is 3.41. The van der Waals surface area contributed by atoms with Gasteiger partial charge in [0, 0.05) is 12.2 Å². The summed E-state index contributed by atoms with van der Waals surface area (Å²) >= 11 is 0. The van der Waals surface area contributed by atoms with Crippen LogP contribution in [-0.2, 0) is 6.42 Å². The molecule has 1 heterocycles. The summed E-state index contributed by atoms with van der Waals surface area (Å²) in [5.41, 5.74) is 10.8. The van der Waals surface area contributed by atoms with Crippen LogP contribution in [0.25, 0.3) is 0 Å². The van der Waals surface area contributed by atoms with Crippen molar-refractivity contribution < 1.29 is 0 Å². The summed E-state index contributed by atoms with van der Waals surface area (Å²) in [6.07, 6.45) is 1.03. The molecular weight excluding hydrogens is 270 g/mol. The number of nitrogens with two attached hydrogens (primary N) is 1. The van der Waals surface area contributed by atoms with Crippen molar-refractivity contribution in [3.8, 4) is 0 Å². The number of para-hydroxylation sites is 1. The number of halogens is 1. The highest BCUT2D eigenvalue weighted by atomic mass is 35.5. The van der Waals surface area contributed by atoms with Gasteiger partial charge in [-0.3, -0.25) is 0 Å². The standard InChI is InChI=1S/C16H17N3.ClH/c1-12-5-4-7-14(11-12)18-16(17)19-10-9-13-6-2-3-8-15(13)19;/h2-8,11H,9-10H2,1H3,(H2,17,18);1H. The molecule has 104 valence electrons. The summed E-state index contributed by atoms with van der Waals surface area (Å²) in [5, 5.41) is 0. The summed E-state index contributed by atoms with van der Waals surface area (Å²) in [6.45, 7) is 2.96. The highest BCUT2D eigenvalue weighted by Gasteiger charge is 2.20. The number of fused-ring (bicyclic) bond motifs is 1. The zero-order chi connectivity index (χ0) is 13.2. The minimum Gasteiger partial charge on any atom is -0.369 e.